The standard InChI is InChI=1S/C16H28N2O3/c19-14-10-8-6-4-2-1-3-5-7-9-11-18(16-13-21-16)15(20)12-17-14/h16H,1-13H2,(H,17,19)/t16-/m0/s1. The number of epoxide rings is 1. The molecule has 0 unspecified atom stereocenters. The van der Waals surface area contributed by atoms with Gasteiger partial charge in [0.05, 0.1) is 13.2 Å². The molecule has 0 saturated carbocycles. The third-order valence-electron chi connectivity index (χ3n) is 4.22. The number of carbonyl (C=O) groups excluding carboxylic acids is 2. The first-order chi connectivity index (χ1) is 10.3. The lowest BCUT2D eigenvalue weighted by Gasteiger charge is -2.21. The number of hydrogen-bond donors (Lipinski definition) is 1. The maximum absolute atomic E-state index is 12.2. The highest BCUT2D eigenvalue weighted by molar-refractivity contribution is 5.84. The molecule has 1 atom stereocenters. The Hall–Kier alpha value is -1.10. The maximum Gasteiger partial charge on any atom is 0.244 e. The summed E-state index contributed by atoms with van der Waals surface area (Å²) in [6.07, 6.45) is 11.1. The average Bonchev–Trinajstić information content (AvgIpc) is 3.29. The van der Waals surface area contributed by atoms with Crippen LogP contribution in [0.4, 0.5) is 0 Å². The minimum absolute atomic E-state index is 0.00731. The SMILES string of the molecule is O=C1CCCCCCCCCCCN([C@@H]2CO2)C(=O)CN1. The summed E-state index contributed by atoms with van der Waals surface area (Å²) in [5.41, 5.74) is 0. The molecule has 2 heterocycles. The first kappa shape index (κ1) is 16.3. The number of rotatable bonds is 1. The molecule has 2 aliphatic heterocycles. The maximum atomic E-state index is 12.2. The average molecular weight is 296 g/mol. The Bertz CT molecular complexity index is 342. The number of nitrogens with one attached hydrogen (secondary N) is 1. The fourth-order valence-corrected chi connectivity index (χ4v) is 2.82. The highest BCUT2D eigenvalue weighted by Gasteiger charge is 2.33. The summed E-state index contributed by atoms with van der Waals surface area (Å²) >= 11 is 0. The zero-order valence-electron chi connectivity index (χ0n) is 12.9. The van der Waals surface area contributed by atoms with Gasteiger partial charge in [0.1, 0.15) is 0 Å². The van der Waals surface area contributed by atoms with Crippen LogP contribution < -0.4 is 5.32 Å². The lowest BCUT2D eigenvalue weighted by molar-refractivity contribution is -0.134. The first-order valence-corrected chi connectivity index (χ1v) is 8.45. The molecule has 120 valence electrons. The highest BCUT2D eigenvalue weighted by Crippen LogP contribution is 2.17. The van der Waals surface area contributed by atoms with Crippen molar-refractivity contribution < 1.29 is 14.3 Å². The van der Waals surface area contributed by atoms with E-state index in [9.17, 15) is 9.59 Å². The van der Waals surface area contributed by atoms with Crippen LogP contribution in [-0.2, 0) is 14.3 Å². The Labute approximate surface area is 127 Å². The smallest absolute Gasteiger partial charge is 0.244 e. The molecule has 0 radical (unpaired) electrons. The molecule has 0 bridgehead atoms. The second-order valence-corrected chi connectivity index (χ2v) is 6.08. The van der Waals surface area contributed by atoms with Crippen LogP contribution in [-0.4, -0.2) is 42.6 Å². The normalized spacial score (nSPS) is 27.2. The van der Waals surface area contributed by atoms with E-state index in [0.717, 1.165) is 25.8 Å². The molecule has 2 aliphatic rings. The summed E-state index contributed by atoms with van der Waals surface area (Å²) in [7, 11) is 0. The molecule has 0 aromatic heterocycles. The van der Waals surface area contributed by atoms with Gasteiger partial charge >= 0.3 is 0 Å². The molecule has 2 fully saturated rings. The van der Waals surface area contributed by atoms with E-state index in [2.05, 4.69) is 5.32 Å². The van der Waals surface area contributed by atoms with Crippen LogP contribution in [0.3, 0.4) is 0 Å². The van der Waals surface area contributed by atoms with Crippen molar-refractivity contribution in [1.29, 1.82) is 0 Å². The van der Waals surface area contributed by atoms with Crippen LogP contribution in [0.2, 0.25) is 0 Å². The molecule has 5 heteroatoms. The summed E-state index contributed by atoms with van der Waals surface area (Å²) in [4.78, 5) is 25.6. The lowest BCUT2D eigenvalue weighted by atomic mass is 10.1. The van der Waals surface area contributed by atoms with Gasteiger partial charge in [-0.2, -0.15) is 0 Å². The third kappa shape index (κ3) is 6.46. The van der Waals surface area contributed by atoms with E-state index in [0.29, 0.717) is 13.0 Å². The number of ether oxygens (including phenoxy) is 1. The predicted molar refractivity (Wildman–Crippen MR) is 80.6 cm³/mol. The molecule has 2 rings (SSSR count). The van der Waals surface area contributed by atoms with Crippen LogP contribution >= 0.6 is 0 Å². The molecule has 5 nitrogen and oxygen atoms in total. The van der Waals surface area contributed by atoms with Crippen molar-refractivity contribution in [2.45, 2.75) is 70.4 Å². The Morgan fingerprint density at radius 3 is 2.10 bits per heavy atom. The topological polar surface area (TPSA) is 61.9 Å². The van der Waals surface area contributed by atoms with Crippen molar-refractivity contribution in [1.82, 2.24) is 10.2 Å². The van der Waals surface area contributed by atoms with Gasteiger partial charge in [-0.15, -0.1) is 0 Å². The number of carbonyl (C=O) groups is 2. The van der Waals surface area contributed by atoms with Crippen molar-refractivity contribution in [3.63, 3.8) is 0 Å². The van der Waals surface area contributed by atoms with Gasteiger partial charge in [-0.05, 0) is 12.8 Å². The van der Waals surface area contributed by atoms with E-state index in [1.807, 2.05) is 0 Å². The molecule has 2 amide bonds. The van der Waals surface area contributed by atoms with Gasteiger partial charge in [0.15, 0.2) is 6.23 Å². The Morgan fingerprint density at radius 2 is 1.48 bits per heavy atom. The quantitative estimate of drug-likeness (QED) is 0.755. The zero-order valence-corrected chi connectivity index (χ0v) is 12.9. The minimum atomic E-state index is -0.0479. The number of nitrogens with zero attached hydrogens (tertiary/aromatic N) is 1. The first-order valence-electron chi connectivity index (χ1n) is 8.45. The summed E-state index contributed by atoms with van der Waals surface area (Å²) in [6, 6.07) is 0. The highest BCUT2D eigenvalue weighted by atomic mass is 16.6. The van der Waals surface area contributed by atoms with E-state index in [1.165, 1.54) is 38.5 Å². The molecule has 0 aromatic carbocycles. The molecule has 0 aliphatic carbocycles. The van der Waals surface area contributed by atoms with Gasteiger partial charge in [0, 0.05) is 13.0 Å². The largest absolute Gasteiger partial charge is 0.351 e. The van der Waals surface area contributed by atoms with Gasteiger partial charge in [0.2, 0.25) is 11.8 Å². The van der Waals surface area contributed by atoms with Gasteiger partial charge < -0.3 is 15.0 Å². The molecular weight excluding hydrogens is 268 g/mol. The van der Waals surface area contributed by atoms with E-state index < -0.39 is 0 Å². The molecule has 21 heavy (non-hydrogen) atoms. The summed E-state index contributed by atoms with van der Waals surface area (Å²) in [5, 5.41) is 2.74. The molecule has 0 aromatic rings. The molecule has 1 N–H and O–H groups in total. The lowest BCUT2D eigenvalue weighted by Crippen LogP contribution is -2.42. The predicted octanol–water partition coefficient (Wildman–Crippen LogP) is 2.20. The van der Waals surface area contributed by atoms with Crippen molar-refractivity contribution in [3.05, 3.63) is 0 Å². The van der Waals surface area contributed by atoms with E-state index in [4.69, 9.17) is 4.74 Å². The van der Waals surface area contributed by atoms with Crippen LogP contribution in [0.5, 0.6) is 0 Å². The molecular formula is C16H28N2O3. The van der Waals surface area contributed by atoms with Crippen molar-refractivity contribution in [2.24, 2.45) is 0 Å². The summed E-state index contributed by atoms with van der Waals surface area (Å²) in [5.74, 6) is -0.0231. The Kier molecular flexibility index (Phi) is 7.00. The minimum Gasteiger partial charge on any atom is -0.351 e. The Balaban J connectivity index is 1.80. The second kappa shape index (κ2) is 9.03. The van der Waals surface area contributed by atoms with Crippen LogP contribution in [0.15, 0.2) is 0 Å². The van der Waals surface area contributed by atoms with Crippen LogP contribution in [0, 0.1) is 0 Å². The van der Waals surface area contributed by atoms with Crippen molar-refractivity contribution in [2.75, 3.05) is 19.7 Å². The van der Waals surface area contributed by atoms with E-state index in [1.54, 1.807) is 4.90 Å². The van der Waals surface area contributed by atoms with Crippen molar-refractivity contribution in [3.8, 4) is 0 Å². The van der Waals surface area contributed by atoms with Gasteiger partial charge in [-0.1, -0.05) is 44.9 Å². The summed E-state index contributed by atoms with van der Waals surface area (Å²) in [6.45, 7) is 1.50. The molecule has 2 saturated heterocycles. The Morgan fingerprint density at radius 1 is 0.905 bits per heavy atom. The number of hydrogen-bond acceptors (Lipinski definition) is 3. The van der Waals surface area contributed by atoms with Crippen LogP contribution in [0.1, 0.15) is 64.2 Å². The van der Waals surface area contributed by atoms with E-state index in [-0.39, 0.29) is 24.6 Å². The second-order valence-electron chi connectivity index (χ2n) is 6.08. The van der Waals surface area contributed by atoms with E-state index >= 15 is 0 Å². The fraction of sp³-hybridized carbons (Fsp3) is 0.875. The summed E-state index contributed by atoms with van der Waals surface area (Å²) < 4.78 is 5.24. The van der Waals surface area contributed by atoms with Gasteiger partial charge in [-0.3, -0.25) is 9.59 Å². The van der Waals surface area contributed by atoms with Gasteiger partial charge in [0.25, 0.3) is 0 Å². The molecule has 0 spiro atoms. The third-order valence-corrected chi connectivity index (χ3v) is 4.22. The number of amides is 2. The monoisotopic (exact) mass is 296 g/mol. The van der Waals surface area contributed by atoms with Crippen molar-refractivity contribution >= 4 is 11.8 Å². The fourth-order valence-electron chi connectivity index (χ4n) is 2.82. The van der Waals surface area contributed by atoms with Gasteiger partial charge in [-0.25, -0.2) is 0 Å². The zero-order chi connectivity index (χ0) is 14.9. The van der Waals surface area contributed by atoms with Crippen LogP contribution in [0.25, 0.3) is 0 Å².